The minimum atomic E-state index is 0.425. The third kappa shape index (κ3) is 2.19. The molecule has 0 unspecified atom stereocenters. The van der Waals surface area contributed by atoms with Crippen LogP contribution < -0.4 is 10.6 Å². The number of nitrogens with two attached hydrogens (primary N) is 1. The second-order valence-corrected chi connectivity index (χ2v) is 6.35. The fraction of sp³-hybridized carbons (Fsp3) is 0.538. The average molecular weight is 283 g/mol. The molecular weight excluding hydrogens is 264 g/mol. The molecule has 2 rings (SSSR count). The number of halogens is 1. The molecule has 0 spiro atoms. The highest BCUT2D eigenvalue weighted by Gasteiger charge is 2.30. The zero-order chi connectivity index (χ0) is 11.9. The standard InChI is InChI=1S/C13H19BrN2/c1-9-6-12(10(14)7-11(9)15)16-5-4-13(2,3)8-16/h6-7H,4-5,8,15H2,1-3H3. The van der Waals surface area contributed by atoms with E-state index >= 15 is 0 Å². The van der Waals surface area contributed by atoms with Crippen LogP contribution in [0.5, 0.6) is 0 Å². The highest BCUT2D eigenvalue weighted by molar-refractivity contribution is 9.10. The lowest BCUT2D eigenvalue weighted by molar-refractivity contribution is 0.418. The quantitative estimate of drug-likeness (QED) is 0.798. The monoisotopic (exact) mass is 282 g/mol. The van der Waals surface area contributed by atoms with Gasteiger partial charge < -0.3 is 10.6 Å². The summed E-state index contributed by atoms with van der Waals surface area (Å²) in [4.78, 5) is 2.44. The van der Waals surface area contributed by atoms with Crippen molar-refractivity contribution < 1.29 is 0 Å². The molecule has 1 heterocycles. The predicted molar refractivity (Wildman–Crippen MR) is 73.9 cm³/mol. The van der Waals surface area contributed by atoms with Crippen molar-refractivity contribution in [3.05, 3.63) is 22.2 Å². The Morgan fingerprint density at radius 1 is 1.38 bits per heavy atom. The third-order valence-corrected chi connectivity index (χ3v) is 3.99. The van der Waals surface area contributed by atoms with Crippen LogP contribution in [0.3, 0.4) is 0 Å². The van der Waals surface area contributed by atoms with Crippen molar-refractivity contribution in [3.8, 4) is 0 Å². The first-order valence-corrected chi connectivity index (χ1v) is 6.49. The molecule has 0 radical (unpaired) electrons. The molecule has 0 aromatic heterocycles. The summed E-state index contributed by atoms with van der Waals surface area (Å²) >= 11 is 3.61. The summed E-state index contributed by atoms with van der Waals surface area (Å²) in [5.74, 6) is 0. The second-order valence-electron chi connectivity index (χ2n) is 5.50. The van der Waals surface area contributed by atoms with E-state index in [1.165, 1.54) is 12.1 Å². The summed E-state index contributed by atoms with van der Waals surface area (Å²) in [5, 5.41) is 0. The number of nitrogens with zero attached hydrogens (tertiary/aromatic N) is 1. The van der Waals surface area contributed by atoms with Gasteiger partial charge in [-0.25, -0.2) is 0 Å². The Kier molecular flexibility index (Phi) is 2.91. The second kappa shape index (κ2) is 3.95. The van der Waals surface area contributed by atoms with Gasteiger partial charge in [-0.15, -0.1) is 0 Å². The van der Waals surface area contributed by atoms with Crippen LogP contribution in [-0.2, 0) is 0 Å². The molecule has 0 aliphatic carbocycles. The third-order valence-electron chi connectivity index (χ3n) is 3.35. The van der Waals surface area contributed by atoms with Crippen molar-refractivity contribution in [2.75, 3.05) is 23.7 Å². The van der Waals surface area contributed by atoms with Crippen LogP contribution in [0.1, 0.15) is 25.8 Å². The van der Waals surface area contributed by atoms with E-state index in [9.17, 15) is 0 Å². The molecule has 2 nitrogen and oxygen atoms in total. The zero-order valence-electron chi connectivity index (χ0n) is 10.2. The van der Waals surface area contributed by atoms with Gasteiger partial charge in [0.15, 0.2) is 0 Å². The van der Waals surface area contributed by atoms with Crippen LogP contribution in [0.4, 0.5) is 11.4 Å². The van der Waals surface area contributed by atoms with Gasteiger partial charge in [-0.2, -0.15) is 0 Å². The van der Waals surface area contributed by atoms with Crippen LogP contribution in [0.25, 0.3) is 0 Å². The smallest absolute Gasteiger partial charge is 0.0515 e. The Hall–Kier alpha value is -0.700. The number of rotatable bonds is 1. The van der Waals surface area contributed by atoms with Gasteiger partial charge in [0.1, 0.15) is 0 Å². The van der Waals surface area contributed by atoms with E-state index in [1.807, 2.05) is 6.07 Å². The lowest BCUT2D eigenvalue weighted by Gasteiger charge is -2.23. The predicted octanol–water partition coefficient (Wildman–Crippen LogP) is 3.58. The molecule has 1 aromatic rings. The van der Waals surface area contributed by atoms with Crippen molar-refractivity contribution in [1.82, 2.24) is 0 Å². The van der Waals surface area contributed by atoms with E-state index in [1.54, 1.807) is 0 Å². The number of aryl methyl sites for hydroxylation is 1. The Morgan fingerprint density at radius 2 is 2.06 bits per heavy atom. The van der Waals surface area contributed by atoms with Crippen molar-refractivity contribution >= 4 is 27.3 Å². The van der Waals surface area contributed by atoms with Gasteiger partial charge in [0, 0.05) is 23.2 Å². The first kappa shape index (κ1) is 11.8. The Labute approximate surface area is 106 Å². The Balaban J connectivity index is 2.32. The summed E-state index contributed by atoms with van der Waals surface area (Å²) < 4.78 is 1.10. The van der Waals surface area contributed by atoms with Crippen molar-refractivity contribution in [2.24, 2.45) is 5.41 Å². The van der Waals surface area contributed by atoms with Gasteiger partial charge in [0.05, 0.1) is 5.69 Å². The van der Waals surface area contributed by atoms with Crippen LogP contribution in [0, 0.1) is 12.3 Å². The Morgan fingerprint density at radius 3 is 2.62 bits per heavy atom. The van der Waals surface area contributed by atoms with Gasteiger partial charge in [-0.05, 0) is 52.4 Å². The largest absolute Gasteiger partial charge is 0.398 e. The van der Waals surface area contributed by atoms with Crippen LogP contribution in [-0.4, -0.2) is 13.1 Å². The molecule has 1 aliphatic heterocycles. The minimum absolute atomic E-state index is 0.425. The normalized spacial score (nSPS) is 19.1. The number of hydrogen-bond acceptors (Lipinski definition) is 2. The maximum atomic E-state index is 5.89. The van der Waals surface area contributed by atoms with Gasteiger partial charge in [-0.1, -0.05) is 13.8 Å². The summed E-state index contributed by atoms with van der Waals surface area (Å²) in [7, 11) is 0. The summed E-state index contributed by atoms with van der Waals surface area (Å²) in [6, 6.07) is 4.19. The van der Waals surface area contributed by atoms with E-state index in [0.717, 1.165) is 28.8 Å². The van der Waals surface area contributed by atoms with Crippen molar-refractivity contribution in [2.45, 2.75) is 27.2 Å². The highest BCUT2D eigenvalue weighted by Crippen LogP contribution is 2.37. The van der Waals surface area contributed by atoms with E-state index < -0.39 is 0 Å². The van der Waals surface area contributed by atoms with Gasteiger partial charge in [-0.3, -0.25) is 0 Å². The van der Waals surface area contributed by atoms with Crippen LogP contribution in [0.2, 0.25) is 0 Å². The molecular formula is C13H19BrN2. The molecule has 16 heavy (non-hydrogen) atoms. The lowest BCUT2D eigenvalue weighted by atomic mass is 9.93. The molecule has 0 atom stereocenters. The fourth-order valence-corrected chi connectivity index (χ4v) is 2.85. The number of anilines is 2. The van der Waals surface area contributed by atoms with E-state index in [4.69, 9.17) is 5.73 Å². The molecule has 1 aliphatic rings. The first-order valence-electron chi connectivity index (χ1n) is 5.70. The van der Waals surface area contributed by atoms with Gasteiger partial charge in [0.2, 0.25) is 0 Å². The minimum Gasteiger partial charge on any atom is -0.398 e. The molecule has 1 aromatic carbocycles. The number of benzene rings is 1. The number of nitrogen functional groups attached to an aromatic ring is 1. The molecule has 88 valence electrons. The molecule has 0 saturated carbocycles. The molecule has 0 bridgehead atoms. The molecule has 1 saturated heterocycles. The molecule has 3 heteroatoms. The van der Waals surface area contributed by atoms with Gasteiger partial charge >= 0.3 is 0 Å². The molecule has 0 amide bonds. The Bertz CT molecular complexity index is 413. The average Bonchev–Trinajstić information content (AvgIpc) is 2.52. The maximum Gasteiger partial charge on any atom is 0.0515 e. The van der Waals surface area contributed by atoms with Crippen LogP contribution in [0.15, 0.2) is 16.6 Å². The van der Waals surface area contributed by atoms with E-state index in [2.05, 4.69) is 47.7 Å². The highest BCUT2D eigenvalue weighted by atomic mass is 79.9. The maximum absolute atomic E-state index is 5.89. The lowest BCUT2D eigenvalue weighted by Crippen LogP contribution is -2.23. The number of hydrogen-bond donors (Lipinski definition) is 1. The topological polar surface area (TPSA) is 29.3 Å². The first-order chi connectivity index (χ1) is 7.39. The summed E-state index contributed by atoms with van der Waals surface area (Å²) in [6.45, 7) is 8.96. The van der Waals surface area contributed by atoms with Crippen LogP contribution >= 0.6 is 15.9 Å². The van der Waals surface area contributed by atoms with E-state index in [0.29, 0.717) is 5.41 Å². The molecule has 1 fully saturated rings. The van der Waals surface area contributed by atoms with Gasteiger partial charge in [0.25, 0.3) is 0 Å². The summed E-state index contributed by atoms with van der Waals surface area (Å²) in [6.07, 6.45) is 1.25. The zero-order valence-corrected chi connectivity index (χ0v) is 11.8. The fourth-order valence-electron chi connectivity index (χ4n) is 2.24. The SMILES string of the molecule is Cc1cc(N2CCC(C)(C)C2)c(Br)cc1N. The van der Waals surface area contributed by atoms with E-state index in [-0.39, 0.29) is 0 Å². The van der Waals surface area contributed by atoms with Crippen molar-refractivity contribution in [3.63, 3.8) is 0 Å². The molecule has 2 N–H and O–H groups in total. The van der Waals surface area contributed by atoms with Crippen molar-refractivity contribution in [1.29, 1.82) is 0 Å². The summed E-state index contributed by atoms with van der Waals surface area (Å²) in [5.41, 5.74) is 9.60.